The third kappa shape index (κ3) is 5.79. The summed E-state index contributed by atoms with van der Waals surface area (Å²) in [4.78, 5) is 24.3. The van der Waals surface area contributed by atoms with Gasteiger partial charge < -0.3 is 19.5 Å². The summed E-state index contributed by atoms with van der Waals surface area (Å²) in [6.07, 6.45) is 1.41. The van der Waals surface area contributed by atoms with Crippen LogP contribution in [0.3, 0.4) is 0 Å². The van der Waals surface area contributed by atoms with E-state index in [1.165, 1.54) is 13.3 Å². The number of carbonyl (C=O) groups excluding carboxylic acids is 2. The van der Waals surface area contributed by atoms with E-state index in [4.69, 9.17) is 14.2 Å². The number of nitrogens with one attached hydrogen (secondary N) is 2. The van der Waals surface area contributed by atoms with Crippen LogP contribution < -0.4 is 25.0 Å². The van der Waals surface area contributed by atoms with Crippen LogP contribution in [0.1, 0.15) is 11.1 Å². The molecule has 0 unspecified atom stereocenters. The van der Waals surface area contributed by atoms with Crippen molar-refractivity contribution in [1.29, 1.82) is 0 Å². The third-order valence-electron chi connectivity index (χ3n) is 5.39. The number of rotatable bonds is 8. The molecule has 4 aromatic rings. The molecule has 0 saturated heterocycles. The lowest BCUT2D eigenvalue weighted by molar-refractivity contribution is -0.136. The van der Waals surface area contributed by atoms with Crippen LogP contribution in [0.2, 0.25) is 0 Å². The van der Waals surface area contributed by atoms with Gasteiger partial charge in [-0.25, -0.2) is 5.43 Å². The standard InChI is InChI=1S/C28H25N3O5/c1-34-24-13-6-5-12-23(24)30-27(32)28(33)31-29-17-19-14-15-25(26(16-19)35-2)36-18-21-10-7-9-20-8-3-4-11-22(20)21/h3-17H,18H2,1-2H3,(H,30,32)(H,31,33)/b29-17+. The second-order valence-corrected chi connectivity index (χ2v) is 7.69. The molecule has 0 aromatic heterocycles. The van der Waals surface area contributed by atoms with Gasteiger partial charge in [-0.05, 0) is 52.2 Å². The molecular formula is C28H25N3O5. The van der Waals surface area contributed by atoms with Crippen molar-refractivity contribution in [3.63, 3.8) is 0 Å². The fraction of sp³-hybridized carbons (Fsp3) is 0.107. The van der Waals surface area contributed by atoms with Gasteiger partial charge in [0.2, 0.25) is 0 Å². The molecule has 0 atom stereocenters. The number of para-hydroxylation sites is 2. The Morgan fingerprint density at radius 3 is 2.39 bits per heavy atom. The molecular weight excluding hydrogens is 458 g/mol. The van der Waals surface area contributed by atoms with Gasteiger partial charge in [0.05, 0.1) is 26.1 Å². The van der Waals surface area contributed by atoms with Gasteiger partial charge >= 0.3 is 11.8 Å². The van der Waals surface area contributed by atoms with Gasteiger partial charge in [0, 0.05) is 0 Å². The van der Waals surface area contributed by atoms with E-state index in [9.17, 15) is 9.59 Å². The smallest absolute Gasteiger partial charge is 0.329 e. The highest BCUT2D eigenvalue weighted by Gasteiger charge is 2.15. The normalized spacial score (nSPS) is 10.7. The van der Waals surface area contributed by atoms with E-state index in [-0.39, 0.29) is 0 Å². The van der Waals surface area contributed by atoms with Crippen LogP contribution >= 0.6 is 0 Å². The Kier molecular flexibility index (Phi) is 7.77. The summed E-state index contributed by atoms with van der Waals surface area (Å²) in [6.45, 7) is 0.377. The van der Waals surface area contributed by atoms with E-state index in [1.54, 1.807) is 49.6 Å². The summed E-state index contributed by atoms with van der Waals surface area (Å²) in [5, 5.41) is 8.64. The number of nitrogens with zero attached hydrogens (tertiary/aromatic N) is 1. The molecule has 36 heavy (non-hydrogen) atoms. The number of anilines is 1. The Morgan fingerprint density at radius 2 is 1.56 bits per heavy atom. The maximum Gasteiger partial charge on any atom is 0.329 e. The summed E-state index contributed by atoms with van der Waals surface area (Å²) < 4.78 is 16.6. The first-order valence-electron chi connectivity index (χ1n) is 11.1. The molecule has 0 spiro atoms. The predicted octanol–water partition coefficient (Wildman–Crippen LogP) is 4.52. The van der Waals surface area contributed by atoms with E-state index in [0.29, 0.717) is 35.1 Å². The van der Waals surface area contributed by atoms with Crippen molar-refractivity contribution in [2.24, 2.45) is 5.10 Å². The fourth-order valence-electron chi connectivity index (χ4n) is 3.60. The van der Waals surface area contributed by atoms with E-state index >= 15 is 0 Å². The summed E-state index contributed by atoms with van der Waals surface area (Å²) in [6, 6.07) is 26.3. The van der Waals surface area contributed by atoms with Crippen molar-refractivity contribution in [2.45, 2.75) is 6.61 Å². The van der Waals surface area contributed by atoms with Crippen LogP contribution in [-0.4, -0.2) is 32.2 Å². The Morgan fingerprint density at radius 1 is 0.806 bits per heavy atom. The minimum absolute atomic E-state index is 0.377. The maximum absolute atomic E-state index is 12.1. The molecule has 4 rings (SSSR count). The zero-order valence-corrected chi connectivity index (χ0v) is 19.9. The van der Waals surface area contributed by atoms with Gasteiger partial charge in [-0.1, -0.05) is 54.6 Å². The number of hydrogen-bond donors (Lipinski definition) is 2. The summed E-state index contributed by atoms with van der Waals surface area (Å²) in [5.41, 5.74) is 4.31. The predicted molar refractivity (Wildman–Crippen MR) is 139 cm³/mol. The number of ether oxygens (including phenoxy) is 3. The summed E-state index contributed by atoms with van der Waals surface area (Å²) in [5.74, 6) is -0.259. The molecule has 0 aliphatic rings. The number of amides is 2. The van der Waals surface area contributed by atoms with Crippen molar-refractivity contribution in [3.8, 4) is 17.2 Å². The Hall–Kier alpha value is -4.85. The average molecular weight is 484 g/mol. The van der Waals surface area contributed by atoms with Gasteiger partial charge in [-0.15, -0.1) is 0 Å². The molecule has 2 N–H and O–H groups in total. The van der Waals surface area contributed by atoms with Crippen LogP contribution in [0.15, 0.2) is 90.0 Å². The van der Waals surface area contributed by atoms with Crippen molar-refractivity contribution < 1.29 is 23.8 Å². The fourth-order valence-corrected chi connectivity index (χ4v) is 3.60. The molecule has 0 radical (unpaired) electrons. The SMILES string of the molecule is COc1ccccc1NC(=O)C(=O)N/N=C/c1ccc(OCc2cccc3ccccc23)c(OC)c1. The largest absolute Gasteiger partial charge is 0.495 e. The molecule has 0 bridgehead atoms. The summed E-state index contributed by atoms with van der Waals surface area (Å²) in [7, 11) is 3.02. The Bertz CT molecular complexity index is 1410. The molecule has 4 aromatic carbocycles. The van der Waals surface area contributed by atoms with Crippen molar-refractivity contribution in [1.82, 2.24) is 5.43 Å². The lowest BCUT2D eigenvalue weighted by Crippen LogP contribution is -2.32. The first-order valence-corrected chi connectivity index (χ1v) is 11.1. The highest BCUT2D eigenvalue weighted by atomic mass is 16.5. The number of carbonyl (C=O) groups is 2. The van der Waals surface area contributed by atoms with Crippen molar-refractivity contribution in [3.05, 3.63) is 96.1 Å². The molecule has 0 fully saturated rings. The monoisotopic (exact) mass is 483 g/mol. The second-order valence-electron chi connectivity index (χ2n) is 7.69. The number of hydrogen-bond acceptors (Lipinski definition) is 6. The molecule has 0 aliphatic carbocycles. The first kappa shape index (κ1) is 24.3. The summed E-state index contributed by atoms with van der Waals surface area (Å²) >= 11 is 0. The average Bonchev–Trinajstić information content (AvgIpc) is 2.92. The van der Waals surface area contributed by atoms with E-state index in [0.717, 1.165) is 16.3 Å². The van der Waals surface area contributed by atoms with Crippen LogP contribution in [-0.2, 0) is 16.2 Å². The van der Waals surface area contributed by atoms with Crippen LogP contribution in [0, 0.1) is 0 Å². The van der Waals surface area contributed by atoms with E-state index in [1.807, 2.05) is 24.3 Å². The van der Waals surface area contributed by atoms with E-state index in [2.05, 4.69) is 34.0 Å². The first-order chi connectivity index (χ1) is 17.6. The van der Waals surface area contributed by atoms with Gasteiger partial charge in [0.25, 0.3) is 0 Å². The van der Waals surface area contributed by atoms with Crippen LogP contribution in [0.25, 0.3) is 10.8 Å². The molecule has 182 valence electrons. The van der Waals surface area contributed by atoms with Gasteiger partial charge in [-0.3, -0.25) is 9.59 Å². The van der Waals surface area contributed by atoms with E-state index < -0.39 is 11.8 Å². The minimum atomic E-state index is -0.917. The molecule has 0 heterocycles. The van der Waals surface area contributed by atoms with Gasteiger partial charge in [0.15, 0.2) is 11.5 Å². The highest BCUT2D eigenvalue weighted by molar-refractivity contribution is 6.39. The lowest BCUT2D eigenvalue weighted by atomic mass is 10.1. The third-order valence-corrected chi connectivity index (χ3v) is 5.39. The number of methoxy groups -OCH3 is 2. The minimum Gasteiger partial charge on any atom is -0.495 e. The molecule has 8 heteroatoms. The lowest BCUT2D eigenvalue weighted by Gasteiger charge is -2.12. The van der Waals surface area contributed by atoms with Crippen molar-refractivity contribution in [2.75, 3.05) is 19.5 Å². The quantitative estimate of drug-likeness (QED) is 0.218. The number of fused-ring (bicyclic) bond motifs is 1. The Balaban J connectivity index is 1.37. The highest BCUT2D eigenvalue weighted by Crippen LogP contribution is 2.29. The number of hydrazone groups is 1. The van der Waals surface area contributed by atoms with Gasteiger partial charge in [0.1, 0.15) is 12.4 Å². The molecule has 0 aliphatic heterocycles. The maximum atomic E-state index is 12.1. The van der Waals surface area contributed by atoms with Crippen LogP contribution in [0.5, 0.6) is 17.2 Å². The van der Waals surface area contributed by atoms with Crippen LogP contribution in [0.4, 0.5) is 5.69 Å². The molecule has 2 amide bonds. The molecule has 0 saturated carbocycles. The molecule has 8 nitrogen and oxygen atoms in total. The zero-order chi connectivity index (χ0) is 25.3. The topological polar surface area (TPSA) is 98.2 Å². The van der Waals surface area contributed by atoms with Crippen molar-refractivity contribution >= 4 is 34.5 Å². The van der Waals surface area contributed by atoms with Gasteiger partial charge in [-0.2, -0.15) is 5.10 Å². The zero-order valence-electron chi connectivity index (χ0n) is 19.9. The second kappa shape index (κ2) is 11.5. The Labute approximate surface area is 208 Å². The number of benzene rings is 4.